The highest BCUT2D eigenvalue weighted by Crippen LogP contribution is 2.18. The van der Waals surface area contributed by atoms with Gasteiger partial charge in [-0.15, -0.1) is 0 Å². The molecule has 2 heterocycles. The number of para-hydroxylation sites is 1. The zero-order valence-corrected chi connectivity index (χ0v) is 15.1. The molecule has 0 atom stereocenters. The molecule has 0 radical (unpaired) electrons. The first-order chi connectivity index (χ1) is 12.8. The summed E-state index contributed by atoms with van der Waals surface area (Å²) in [5, 5.41) is 7.34. The summed E-state index contributed by atoms with van der Waals surface area (Å²) in [5.74, 6) is 0.416. The number of benzene rings is 1. The van der Waals surface area contributed by atoms with E-state index in [1.807, 2.05) is 18.3 Å². The number of hydrogen-bond acceptors (Lipinski definition) is 4. The molecule has 0 aliphatic carbocycles. The van der Waals surface area contributed by atoms with Gasteiger partial charge in [-0.25, -0.2) is 9.97 Å². The van der Waals surface area contributed by atoms with E-state index >= 15 is 0 Å². The monoisotopic (exact) mass is 351 g/mol. The Bertz CT molecular complexity index is 841. The molecule has 0 saturated heterocycles. The van der Waals surface area contributed by atoms with Crippen molar-refractivity contribution < 1.29 is 4.79 Å². The molecule has 3 N–H and O–H groups in total. The van der Waals surface area contributed by atoms with Crippen LogP contribution in [0.2, 0.25) is 0 Å². The number of fused-ring (bicyclic) bond motifs is 1. The van der Waals surface area contributed by atoms with Crippen molar-refractivity contribution in [2.45, 2.75) is 32.6 Å². The number of carbonyl (C=O) groups is 1. The van der Waals surface area contributed by atoms with Gasteiger partial charge in [-0.2, -0.15) is 0 Å². The van der Waals surface area contributed by atoms with E-state index in [0.29, 0.717) is 18.1 Å². The van der Waals surface area contributed by atoms with Crippen molar-refractivity contribution in [2.75, 3.05) is 18.4 Å². The molecule has 0 spiro atoms. The molecule has 3 rings (SSSR count). The maximum absolute atomic E-state index is 12.0. The number of unbranched alkanes of at least 4 members (excludes halogenated alkanes) is 2. The van der Waals surface area contributed by atoms with Crippen LogP contribution in [-0.2, 0) is 6.42 Å². The van der Waals surface area contributed by atoms with E-state index in [2.05, 4.69) is 44.6 Å². The van der Waals surface area contributed by atoms with Crippen molar-refractivity contribution in [1.82, 2.24) is 20.3 Å². The predicted octanol–water partition coefficient (Wildman–Crippen LogP) is 3.53. The Balaban J connectivity index is 1.47. The van der Waals surface area contributed by atoms with Gasteiger partial charge in [0.15, 0.2) is 0 Å². The Morgan fingerprint density at radius 1 is 1.12 bits per heavy atom. The van der Waals surface area contributed by atoms with Crippen LogP contribution in [0.4, 0.5) is 5.95 Å². The lowest BCUT2D eigenvalue weighted by atomic mass is 10.1. The van der Waals surface area contributed by atoms with Crippen LogP contribution in [0, 0.1) is 0 Å². The van der Waals surface area contributed by atoms with Crippen molar-refractivity contribution in [3.63, 3.8) is 0 Å². The second-order valence-electron chi connectivity index (χ2n) is 6.29. The summed E-state index contributed by atoms with van der Waals surface area (Å²) in [6.45, 7) is 3.56. The van der Waals surface area contributed by atoms with Crippen LogP contribution in [-0.4, -0.2) is 33.9 Å². The van der Waals surface area contributed by atoms with E-state index in [4.69, 9.17) is 0 Å². The normalized spacial score (nSPS) is 10.8. The minimum atomic E-state index is -0.119. The van der Waals surface area contributed by atoms with Gasteiger partial charge in [0.05, 0.1) is 5.56 Å². The van der Waals surface area contributed by atoms with Gasteiger partial charge < -0.3 is 15.6 Å². The third kappa shape index (κ3) is 4.59. The van der Waals surface area contributed by atoms with Crippen molar-refractivity contribution in [2.24, 2.45) is 0 Å². The summed E-state index contributed by atoms with van der Waals surface area (Å²) >= 11 is 0. The van der Waals surface area contributed by atoms with Gasteiger partial charge in [0, 0.05) is 42.6 Å². The smallest absolute Gasteiger partial charge is 0.254 e. The number of aromatic amines is 1. The van der Waals surface area contributed by atoms with Crippen molar-refractivity contribution in [1.29, 1.82) is 0 Å². The molecule has 0 fully saturated rings. The molecule has 136 valence electrons. The minimum Gasteiger partial charge on any atom is -0.361 e. The number of H-pyrrole nitrogens is 1. The third-order valence-corrected chi connectivity index (χ3v) is 4.33. The highest BCUT2D eigenvalue weighted by molar-refractivity contribution is 5.93. The summed E-state index contributed by atoms with van der Waals surface area (Å²) in [4.78, 5) is 23.7. The highest BCUT2D eigenvalue weighted by atomic mass is 16.1. The molecule has 6 nitrogen and oxygen atoms in total. The fraction of sp³-hybridized carbons (Fsp3) is 0.350. The number of rotatable bonds is 9. The number of carbonyl (C=O) groups excluding carboxylic acids is 1. The number of amides is 1. The van der Waals surface area contributed by atoms with Crippen molar-refractivity contribution >= 4 is 22.8 Å². The molecule has 26 heavy (non-hydrogen) atoms. The van der Waals surface area contributed by atoms with Crippen LogP contribution < -0.4 is 10.6 Å². The van der Waals surface area contributed by atoms with Gasteiger partial charge in [0.2, 0.25) is 5.95 Å². The Labute approximate surface area is 153 Å². The Morgan fingerprint density at radius 2 is 1.92 bits per heavy atom. The molecule has 0 aliphatic heterocycles. The Hall–Kier alpha value is -2.89. The first-order valence-corrected chi connectivity index (χ1v) is 9.17. The SMILES string of the molecule is CCCCCNC(=O)c1cnc(NCCc2c[nH]c3ccccc23)nc1. The molecule has 2 aromatic heterocycles. The average Bonchev–Trinajstić information content (AvgIpc) is 3.09. The van der Waals surface area contributed by atoms with E-state index in [9.17, 15) is 4.79 Å². The number of hydrogen-bond donors (Lipinski definition) is 3. The summed E-state index contributed by atoms with van der Waals surface area (Å²) < 4.78 is 0. The summed E-state index contributed by atoms with van der Waals surface area (Å²) in [5.41, 5.74) is 2.90. The van der Waals surface area contributed by atoms with Gasteiger partial charge in [-0.05, 0) is 24.5 Å². The predicted molar refractivity (Wildman–Crippen MR) is 104 cm³/mol. The first-order valence-electron chi connectivity index (χ1n) is 9.17. The van der Waals surface area contributed by atoms with Gasteiger partial charge in [-0.1, -0.05) is 38.0 Å². The standard InChI is InChI=1S/C20H25N5O/c1-2-3-6-10-21-19(26)16-13-24-20(25-14-16)22-11-9-15-12-23-18-8-5-4-7-17(15)18/h4-5,7-8,12-14,23H,2-3,6,9-11H2,1H3,(H,21,26)(H,22,24,25). The van der Waals surface area contributed by atoms with Gasteiger partial charge in [0.25, 0.3) is 5.91 Å². The summed E-state index contributed by atoms with van der Waals surface area (Å²) in [6, 6.07) is 8.26. The first kappa shape index (κ1) is 17.9. The lowest BCUT2D eigenvalue weighted by Crippen LogP contribution is -2.24. The molecule has 0 bridgehead atoms. The van der Waals surface area contributed by atoms with Crippen LogP contribution in [0.15, 0.2) is 42.9 Å². The maximum Gasteiger partial charge on any atom is 0.254 e. The molecule has 0 saturated carbocycles. The minimum absolute atomic E-state index is 0.119. The largest absolute Gasteiger partial charge is 0.361 e. The number of nitrogens with zero attached hydrogens (tertiary/aromatic N) is 2. The molecular formula is C20H25N5O. The molecule has 0 aliphatic rings. The van der Waals surface area contributed by atoms with Crippen molar-refractivity contribution in [3.8, 4) is 0 Å². The average molecular weight is 351 g/mol. The number of nitrogens with one attached hydrogen (secondary N) is 3. The van der Waals surface area contributed by atoms with Crippen LogP contribution in [0.5, 0.6) is 0 Å². The maximum atomic E-state index is 12.0. The second kappa shape index (κ2) is 8.99. The molecule has 0 unspecified atom stereocenters. The summed E-state index contributed by atoms with van der Waals surface area (Å²) in [7, 11) is 0. The number of aromatic nitrogens is 3. The zero-order valence-electron chi connectivity index (χ0n) is 15.1. The van der Waals surface area contributed by atoms with E-state index in [1.165, 1.54) is 10.9 Å². The lowest BCUT2D eigenvalue weighted by Gasteiger charge is -2.06. The lowest BCUT2D eigenvalue weighted by molar-refractivity contribution is 0.0952. The summed E-state index contributed by atoms with van der Waals surface area (Å²) in [6.07, 6.45) is 9.29. The van der Waals surface area contributed by atoms with E-state index in [0.717, 1.165) is 37.7 Å². The zero-order chi connectivity index (χ0) is 18.2. The third-order valence-electron chi connectivity index (χ3n) is 4.33. The van der Waals surface area contributed by atoms with Gasteiger partial charge >= 0.3 is 0 Å². The fourth-order valence-corrected chi connectivity index (χ4v) is 2.86. The Kier molecular flexibility index (Phi) is 6.19. The highest BCUT2D eigenvalue weighted by Gasteiger charge is 2.07. The van der Waals surface area contributed by atoms with Crippen molar-refractivity contribution in [3.05, 3.63) is 54.0 Å². The van der Waals surface area contributed by atoms with E-state index in [-0.39, 0.29) is 5.91 Å². The van der Waals surface area contributed by atoms with Gasteiger partial charge in [-0.3, -0.25) is 4.79 Å². The Morgan fingerprint density at radius 3 is 2.73 bits per heavy atom. The fourth-order valence-electron chi connectivity index (χ4n) is 2.86. The van der Waals surface area contributed by atoms with Crippen LogP contribution in [0.3, 0.4) is 0 Å². The van der Waals surface area contributed by atoms with E-state index in [1.54, 1.807) is 12.4 Å². The molecular weight excluding hydrogens is 326 g/mol. The quantitative estimate of drug-likeness (QED) is 0.515. The molecule has 6 heteroatoms. The topological polar surface area (TPSA) is 82.7 Å². The second-order valence-corrected chi connectivity index (χ2v) is 6.29. The molecule has 3 aromatic rings. The van der Waals surface area contributed by atoms with Crippen LogP contribution in [0.1, 0.15) is 42.1 Å². The van der Waals surface area contributed by atoms with Gasteiger partial charge in [0.1, 0.15) is 0 Å². The number of anilines is 1. The van der Waals surface area contributed by atoms with Crippen LogP contribution >= 0.6 is 0 Å². The van der Waals surface area contributed by atoms with Crippen LogP contribution in [0.25, 0.3) is 10.9 Å². The molecule has 1 aromatic carbocycles. The van der Waals surface area contributed by atoms with E-state index < -0.39 is 0 Å². The molecule has 1 amide bonds.